The Labute approximate surface area is 220 Å². The van der Waals surface area contributed by atoms with Gasteiger partial charge in [-0.05, 0) is 61.6 Å². The molecule has 3 atom stereocenters. The molecular formula is C28H43N3O6. The molecule has 3 amide bonds. The Morgan fingerprint density at radius 2 is 1.51 bits per heavy atom. The van der Waals surface area contributed by atoms with Crippen LogP contribution in [-0.4, -0.2) is 62.6 Å². The van der Waals surface area contributed by atoms with Gasteiger partial charge in [0.05, 0.1) is 27.2 Å². The lowest BCUT2D eigenvalue weighted by atomic mass is 9.75. The summed E-state index contributed by atoms with van der Waals surface area (Å²) >= 11 is 0. The second-order valence-electron chi connectivity index (χ2n) is 10.5. The van der Waals surface area contributed by atoms with E-state index in [-0.39, 0.29) is 23.7 Å². The Hall–Kier alpha value is -2.97. The molecule has 2 aliphatic rings. The quantitative estimate of drug-likeness (QED) is 0.491. The number of ether oxygens (including phenoxy) is 3. The van der Waals surface area contributed by atoms with Crippen LogP contribution in [0, 0.1) is 11.8 Å². The molecule has 1 heterocycles. The van der Waals surface area contributed by atoms with E-state index in [9.17, 15) is 14.4 Å². The second-order valence-corrected chi connectivity index (χ2v) is 10.5. The van der Waals surface area contributed by atoms with E-state index in [0.29, 0.717) is 30.2 Å². The van der Waals surface area contributed by atoms with Gasteiger partial charge in [-0.15, -0.1) is 0 Å². The first-order valence-corrected chi connectivity index (χ1v) is 13.4. The summed E-state index contributed by atoms with van der Waals surface area (Å²) in [5.41, 5.74) is 6.34. The maximum atomic E-state index is 14.4. The van der Waals surface area contributed by atoms with Crippen molar-refractivity contribution in [2.45, 2.75) is 83.2 Å². The number of nitrogens with zero attached hydrogens (tertiary/aromatic N) is 1. The number of hydrogen-bond acceptors (Lipinski definition) is 6. The van der Waals surface area contributed by atoms with Gasteiger partial charge in [0.1, 0.15) is 12.1 Å². The van der Waals surface area contributed by atoms with Crippen LogP contribution in [0.5, 0.6) is 17.2 Å². The summed E-state index contributed by atoms with van der Waals surface area (Å²) in [6, 6.07) is 2.30. The number of primary amides is 1. The predicted octanol–water partition coefficient (Wildman–Crippen LogP) is 3.38. The third-order valence-electron chi connectivity index (χ3n) is 7.79. The minimum absolute atomic E-state index is 0.0683. The van der Waals surface area contributed by atoms with Crippen molar-refractivity contribution in [3.8, 4) is 17.2 Å². The van der Waals surface area contributed by atoms with Crippen molar-refractivity contribution in [1.82, 2.24) is 10.2 Å². The van der Waals surface area contributed by atoms with E-state index in [1.807, 2.05) is 26.0 Å². The normalized spacial score (nSPS) is 20.2. The average Bonchev–Trinajstić information content (AvgIpc) is 2.91. The molecule has 206 valence electrons. The van der Waals surface area contributed by atoms with Crippen LogP contribution >= 0.6 is 0 Å². The van der Waals surface area contributed by atoms with Gasteiger partial charge in [0, 0.05) is 6.54 Å². The number of amides is 3. The lowest BCUT2D eigenvalue weighted by Crippen LogP contribution is -2.57. The van der Waals surface area contributed by atoms with Crippen molar-refractivity contribution in [1.29, 1.82) is 0 Å². The fraction of sp³-hybridized carbons (Fsp3) is 0.679. The molecule has 3 rings (SSSR count). The maximum Gasteiger partial charge on any atom is 0.243 e. The first kappa shape index (κ1) is 28.6. The highest BCUT2D eigenvalue weighted by Crippen LogP contribution is 2.45. The second kappa shape index (κ2) is 13.0. The smallest absolute Gasteiger partial charge is 0.243 e. The van der Waals surface area contributed by atoms with Crippen LogP contribution < -0.4 is 25.3 Å². The molecule has 3 N–H and O–H groups in total. The number of likely N-dealkylation sites (tertiary alicyclic amines) is 1. The monoisotopic (exact) mass is 517 g/mol. The Morgan fingerprint density at radius 1 is 0.919 bits per heavy atom. The predicted molar refractivity (Wildman–Crippen MR) is 141 cm³/mol. The molecule has 1 aromatic rings. The summed E-state index contributed by atoms with van der Waals surface area (Å²) < 4.78 is 16.7. The van der Waals surface area contributed by atoms with E-state index < -0.39 is 23.9 Å². The molecular weight excluding hydrogens is 474 g/mol. The summed E-state index contributed by atoms with van der Waals surface area (Å²) in [4.78, 5) is 41.4. The molecule has 0 aromatic heterocycles. The molecule has 37 heavy (non-hydrogen) atoms. The van der Waals surface area contributed by atoms with Gasteiger partial charge in [0.25, 0.3) is 0 Å². The Kier molecular flexibility index (Phi) is 10.1. The third kappa shape index (κ3) is 6.48. The summed E-state index contributed by atoms with van der Waals surface area (Å²) in [6.45, 7) is 4.17. The molecule has 9 heteroatoms. The van der Waals surface area contributed by atoms with Crippen molar-refractivity contribution in [3.63, 3.8) is 0 Å². The lowest BCUT2D eigenvalue weighted by Gasteiger charge is -2.40. The summed E-state index contributed by atoms with van der Waals surface area (Å²) in [5, 5.41) is 2.82. The highest BCUT2D eigenvalue weighted by atomic mass is 16.5. The SMILES string of the molecule is COc1cc([C@@H](C(=O)N2CCCC[C@H]2C(=O)N[C@H](C(N)=O)C(C)C)C2CCCCC2)cc(OC)c1OC. The minimum Gasteiger partial charge on any atom is -0.493 e. The van der Waals surface area contributed by atoms with Crippen LogP contribution in [0.1, 0.15) is 76.7 Å². The van der Waals surface area contributed by atoms with E-state index in [2.05, 4.69) is 5.32 Å². The van der Waals surface area contributed by atoms with Crippen molar-refractivity contribution < 1.29 is 28.6 Å². The van der Waals surface area contributed by atoms with Gasteiger partial charge in [0.2, 0.25) is 23.5 Å². The van der Waals surface area contributed by atoms with Crippen LogP contribution in [0.4, 0.5) is 0 Å². The van der Waals surface area contributed by atoms with Crippen LogP contribution in [0.3, 0.4) is 0 Å². The third-order valence-corrected chi connectivity index (χ3v) is 7.79. The number of methoxy groups -OCH3 is 3. The number of benzene rings is 1. The summed E-state index contributed by atoms with van der Waals surface area (Å²) in [7, 11) is 4.68. The van der Waals surface area contributed by atoms with Gasteiger partial charge in [0.15, 0.2) is 11.5 Å². The van der Waals surface area contributed by atoms with Gasteiger partial charge in [-0.1, -0.05) is 33.1 Å². The zero-order valence-corrected chi connectivity index (χ0v) is 22.9. The first-order valence-electron chi connectivity index (χ1n) is 13.4. The number of hydrogen-bond donors (Lipinski definition) is 2. The molecule has 0 spiro atoms. The van der Waals surface area contributed by atoms with E-state index in [1.165, 1.54) is 0 Å². The molecule has 1 aliphatic heterocycles. The van der Waals surface area contributed by atoms with E-state index in [1.54, 1.807) is 26.2 Å². The van der Waals surface area contributed by atoms with E-state index >= 15 is 0 Å². The zero-order chi connectivity index (χ0) is 27.1. The fourth-order valence-corrected chi connectivity index (χ4v) is 5.83. The number of rotatable bonds is 10. The summed E-state index contributed by atoms with van der Waals surface area (Å²) in [5.74, 6) is 0.0596. The molecule has 1 saturated carbocycles. The molecule has 0 radical (unpaired) electrons. The topological polar surface area (TPSA) is 120 Å². The summed E-state index contributed by atoms with van der Waals surface area (Å²) in [6.07, 6.45) is 7.38. The van der Waals surface area contributed by atoms with Crippen molar-refractivity contribution >= 4 is 17.7 Å². The highest BCUT2D eigenvalue weighted by Gasteiger charge is 2.41. The Morgan fingerprint density at radius 3 is 2.03 bits per heavy atom. The van der Waals surface area contributed by atoms with Gasteiger partial charge in [-0.2, -0.15) is 0 Å². The highest BCUT2D eigenvalue weighted by molar-refractivity contribution is 5.93. The van der Waals surface area contributed by atoms with Gasteiger partial charge < -0.3 is 30.2 Å². The molecule has 1 aliphatic carbocycles. The molecule has 0 unspecified atom stereocenters. The number of nitrogens with two attached hydrogens (primary N) is 1. The van der Waals surface area contributed by atoms with Gasteiger partial charge in [-0.3, -0.25) is 14.4 Å². The Balaban J connectivity index is 1.99. The molecule has 9 nitrogen and oxygen atoms in total. The minimum atomic E-state index is -0.782. The number of carbonyl (C=O) groups excluding carboxylic acids is 3. The molecule has 2 fully saturated rings. The Bertz CT molecular complexity index is 934. The maximum absolute atomic E-state index is 14.4. The van der Waals surface area contributed by atoms with Gasteiger partial charge >= 0.3 is 0 Å². The van der Waals surface area contributed by atoms with Crippen LogP contribution in [0.25, 0.3) is 0 Å². The van der Waals surface area contributed by atoms with Crippen molar-refractivity contribution in [2.24, 2.45) is 17.6 Å². The lowest BCUT2D eigenvalue weighted by molar-refractivity contribution is -0.145. The average molecular weight is 518 g/mol. The van der Waals surface area contributed by atoms with Crippen LogP contribution in [0.15, 0.2) is 12.1 Å². The van der Waals surface area contributed by atoms with Crippen molar-refractivity contribution in [3.05, 3.63) is 17.7 Å². The zero-order valence-electron chi connectivity index (χ0n) is 22.9. The van der Waals surface area contributed by atoms with Crippen LogP contribution in [0.2, 0.25) is 0 Å². The number of nitrogens with one attached hydrogen (secondary N) is 1. The van der Waals surface area contributed by atoms with Crippen LogP contribution in [-0.2, 0) is 14.4 Å². The number of piperidine rings is 1. The molecule has 1 saturated heterocycles. The van der Waals surface area contributed by atoms with Gasteiger partial charge in [-0.25, -0.2) is 0 Å². The fourth-order valence-electron chi connectivity index (χ4n) is 5.83. The largest absolute Gasteiger partial charge is 0.493 e. The van der Waals surface area contributed by atoms with Crippen molar-refractivity contribution in [2.75, 3.05) is 27.9 Å². The van der Waals surface area contributed by atoms with E-state index in [0.717, 1.165) is 50.5 Å². The standard InChI is InChI=1S/C28H43N3O6/c1-17(2)24(26(29)32)30-27(33)20-13-9-10-14-31(20)28(34)23(18-11-7-6-8-12-18)19-15-21(35-3)25(37-5)22(16-19)36-4/h15-18,20,23-24H,6-14H2,1-5H3,(H2,29,32)(H,30,33)/t20-,23-,24-/m0/s1. The molecule has 1 aromatic carbocycles. The van der Waals surface area contributed by atoms with E-state index in [4.69, 9.17) is 19.9 Å². The number of carbonyl (C=O) groups is 3. The molecule has 0 bridgehead atoms. The first-order chi connectivity index (χ1) is 17.7.